The SMILES string of the molecule is COC(=O)COc1ccc(C[C@H](NC(=O)OC(C)(C)C)C(=O)O)cc1C(=O)O. The lowest BCUT2D eigenvalue weighted by molar-refractivity contribution is -0.143. The summed E-state index contributed by atoms with van der Waals surface area (Å²) < 4.78 is 14.6. The number of alkyl carbamates (subject to hydrolysis) is 1. The molecule has 1 amide bonds. The van der Waals surface area contributed by atoms with Gasteiger partial charge in [-0.3, -0.25) is 0 Å². The Morgan fingerprint density at radius 1 is 1.14 bits per heavy atom. The van der Waals surface area contributed by atoms with E-state index in [1.54, 1.807) is 20.8 Å². The molecule has 0 fully saturated rings. The summed E-state index contributed by atoms with van der Waals surface area (Å²) in [4.78, 5) is 45.8. The van der Waals surface area contributed by atoms with Crippen LogP contribution in [0, 0.1) is 0 Å². The monoisotopic (exact) mass is 397 g/mol. The first-order chi connectivity index (χ1) is 12.9. The number of hydrogen-bond acceptors (Lipinski definition) is 7. The van der Waals surface area contributed by atoms with Gasteiger partial charge in [-0.25, -0.2) is 19.2 Å². The first kappa shape index (κ1) is 22.7. The number of aromatic carboxylic acids is 1. The molecule has 28 heavy (non-hydrogen) atoms. The van der Waals surface area contributed by atoms with E-state index in [1.807, 2.05) is 0 Å². The average Bonchev–Trinajstić information content (AvgIpc) is 2.57. The van der Waals surface area contributed by atoms with E-state index in [0.717, 1.165) is 7.11 Å². The van der Waals surface area contributed by atoms with E-state index in [4.69, 9.17) is 9.47 Å². The number of carboxylic acid groups (broad SMARTS) is 2. The summed E-state index contributed by atoms with van der Waals surface area (Å²) in [5.74, 6) is -3.40. The minimum atomic E-state index is -1.33. The van der Waals surface area contributed by atoms with Crippen molar-refractivity contribution in [3.05, 3.63) is 29.3 Å². The number of hydrogen-bond donors (Lipinski definition) is 3. The van der Waals surface area contributed by atoms with E-state index in [9.17, 15) is 29.4 Å². The second kappa shape index (κ2) is 9.58. The first-order valence-corrected chi connectivity index (χ1v) is 8.21. The predicted octanol–water partition coefficient (Wildman–Crippen LogP) is 1.46. The van der Waals surface area contributed by atoms with Crippen LogP contribution in [0.1, 0.15) is 36.7 Å². The summed E-state index contributed by atoms with van der Waals surface area (Å²) in [6, 6.07) is 2.61. The van der Waals surface area contributed by atoms with Gasteiger partial charge in [-0.2, -0.15) is 0 Å². The molecular formula is C18H23NO9. The topological polar surface area (TPSA) is 148 Å². The van der Waals surface area contributed by atoms with Crippen molar-refractivity contribution in [2.75, 3.05) is 13.7 Å². The maximum atomic E-state index is 11.8. The van der Waals surface area contributed by atoms with Crippen LogP contribution in [0.25, 0.3) is 0 Å². The van der Waals surface area contributed by atoms with Gasteiger partial charge in [0.25, 0.3) is 0 Å². The molecule has 1 atom stereocenters. The lowest BCUT2D eigenvalue weighted by atomic mass is 10.0. The van der Waals surface area contributed by atoms with Crippen LogP contribution in [0.3, 0.4) is 0 Å². The Balaban J connectivity index is 2.96. The Labute approximate surface area is 161 Å². The summed E-state index contributed by atoms with van der Waals surface area (Å²) in [5, 5.41) is 20.9. The standard InChI is InChI=1S/C18H23NO9/c1-18(2,3)28-17(25)19-12(16(23)24)8-10-5-6-13(11(7-10)15(21)22)27-9-14(20)26-4/h5-7,12H,8-9H2,1-4H3,(H,19,25)(H,21,22)(H,23,24)/t12-/m0/s1. The van der Waals surface area contributed by atoms with E-state index in [2.05, 4.69) is 10.1 Å². The number of methoxy groups -OCH3 is 1. The number of ether oxygens (including phenoxy) is 3. The molecule has 0 bridgehead atoms. The van der Waals surface area contributed by atoms with Crippen LogP contribution >= 0.6 is 0 Å². The molecular weight excluding hydrogens is 374 g/mol. The fraction of sp³-hybridized carbons (Fsp3) is 0.444. The van der Waals surface area contributed by atoms with Crippen LogP contribution in [-0.4, -0.2) is 59.6 Å². The largest absolute Gasteiger partial charge is 0.481 e. The molecule has 10 nitrogen and oxygen atoms in total. The van der Waals surface area contributed by atoms with Gasteiger partial charge >= 0.3 is 24.0 Å². The molecule has 1 aromatic rings. The number of rotatable bonds is 8. The normalized spacial score (nSPS) is 11.9. The van der Waals surface area contributed by atoms with Crippen molar-refractivity contribution >= 4 is 24.0 Å². The minimum absolute atomic E-state index is 0.0753. The van der Waals surface area contributed by atoms with Gasteiger partial charge in [0.1, 0.15) is 23.0 Å². The highest BCUT2D eigenvalue weighted by Crippen LogP contribution is 2.21. The third-order valence-electron chi connectivity index (χ3n) is 3.28. The van der Waals surface area contributed by atoms with Crippen LogP contribution < -0.4 is 10.1 Å². The van der Waals surface area contributed by atoms with E-state index in [-0.39, 0.29) is 17.7 Å². The average molecular weight is 397 g/mol. The fourth-order valence-electron chi connectivity index (χ4n) is 2.08. The number of benzene rings is 1. The summed E-state index contributed by atoms with van der Waals surface area (Å²) >= 11 is 0. The van der Waals surface area contributed by atoms with Gasteiger partial charge in [-0.15, -0.1) is 0 Å². The smallest absolute Gasteiger partial charge is 0.408 e. The van der Waals surface area contributed by atoms with E-state index >= 15 is 0 Å². The van der Waals surface area contributed by atoms with E-state index in [0.29, 0.717) is 5.56 Å². The Kier molecular flexibility index (Phi) is 7.78. The summed E-state index contributed by atoms with van der Waals surface area (Å²) in [7, 11) is 1.16. The summed E-state index contributed by atoms with van der Waals surface area (Å²) in [5.41, 5.74) is -0.739. The predicted molar refractivity (Wildman–Crippen MR) is 95.4 cm³/mol. The molecule has 1 aromatic carbocycles. The van der Waals surface area contributed by atoms with Crippen molar-refractivity contribution in [3.8, 4) is 5.75 Å². The molecule has 10 heteroatoms. The number of esters is 1. The van der Waals surface area contributed by atoms with Crippen molar-refractivity contribution in [1.82, 2.24) is 5.32 Å². The molecule has 0 heterocycles. The summed E-state index contributed by atoms with van der Waals surface area (Å²) in [6.07, 6.45) is -1.09. The first-order valence-electron chi connectivity index (χ1n) is 8.21. The van der Waals surface area contributed by atoms with Crippen LogP contribution in [0.15, 0.2) is 18.2 Å². The second-order valence-corrected chi connectivity index (χ2v) is 6.74. The zero-order valence-electron chi connectivity index (χ0n) is 16.0. The minimum Gasteiger partial charge on any atom is -0.481 e. The molecule has 0 aliphatic carbocycles. The Morgan fingerprint density at radius 3 is 2.29 bits per heavy atom. The number of amides is 1. The van der Waals surface area contributed by atoms with Gasteiger partial charge in [-0.1, -0.05) is 6.07 Å². The van der Waals surface area contributed by atoms with Gasteiger partial charge in [0, 0.05) is 6.42 Å². The number of carbonyl (C=O) groups excluding carboxylic acids is 2. The Bertz CT molecular complexity index is 752. The zero-order chi connectivity index (χ0) is 21.5. The van der Waals surface area contributed by atoms with Crippen LogP contribution in [0.5, 0.6) is 5.75 Å². The van der Waals surface area contributed by atoms with Gasteiger partial charge in [0.15, 0.2) is 6.61 Å². The molecule has 0 aromatic heterocycles. The molecule has 3 N–H and O–H groups in total. The zero-order valence-corrected chi connectivity index (χ0v) is 16.0. The van der Waals surface area contributed by atoms with Gasteiger partial charge < -0.3 is 29.7 Å². The third kappa shape index (κ3) is 7.52. The maximum absolute atomic E-state index is 11.8. The van der Waals surface area contributed by atoms with Gasteiger partial charge in [0.2, 0.25) is 0 Å². The van der Waals surface area contributed by atoms with Gasteiger partial charge in [-0.05, 0) is 38.5 Å². The second-order valence-electron chi connectivity index (χ2n) is 6.74. The number of carboxylic acids is 2. The number of carbonyl (C=O) groups is 4. The highest BCUT2D eigenvalue weighted by molar-refractivity contribution is 5.91. The van der Waals surface area contributed by atoms with Crippen molar-refractivity contribution in [3.63, 3.8) is 0 Å². The Hall–Kier alpha value is -3.30. The van der Waals surface area contributed by atoms with Crippen molar-refractivity contribution in [1.29, 1.82) is 0 Å². The van der Waals surface area contributed by atoms with Crippen LogP contribution in [0.4, 0.5) is 4.79 Å². The lowest BCUT2D eigenvalue weighted by Gasteiger charge is -2.22. The third-order valence-corrected chi connectivity index (χ3v) is 3.28. The highest BCUT2D eigenvalue weighted by Gasteiger charge is 2.25. The van der Waals surface area contributed by atoms with Crippen LogP contribution in [-0.2, 0) is 25.5 Å². The maximum Gasteiger partial charge on any atom is 0.408 e. The van der Waals surface area contributed by atoms with Crippen molar-refractivity contribution < 1.29 is 43.6 Å². The molecule has 0 unspecified atom stereocenters. The van der Waals surface area contributed by atoms with Gasteiger partial charge in [0.05, 0.1) is 7.11 Å². The number of nitrogens with one attached hydrogen (secondary N) is 1. The molecule has 0 saturated carbocycles. The number of aliphatic carboxylic acids is 1. The molecule has 1 rings (SSSR count). The van der Waals surface area contributed by atoms with Crippen molar-refractivity contribution in [2.45, 2.75) is 38.8 Å². The Morgan fingerprint density at radius 2 is 1.79 bits per heavy atom. The molecule has 0 saturated heterocycles. The highest BCUT2D eigenvalue weighted by atomic mass is 16.6. The molecule has 154 valence electrons. The molecule has 0 aliphatic heterocycles. The van der Waals surface area contributed by atoms with E-state index in [1.165, 1.54) is 18.2 Å². The molecule has 0 aliphatic rings. The van der Waals surface area contributed by atoms with E-state index < -0.39 is 42.3 Å². The molecule has 0 spiro atoms. The quantitative estimate of drug-likeness (QED) is 0.554. The fourth-order valence-corrected chi connectivity index (χ4v) is 2.08. The van der Waals surface area contributed by atoms with Crippen molar-refractivity contribution in [2.24, 2.45) is 0 Å². The lowest BCUT2D eigenvalue weighted by Crippen LogP contribution is -2.44. The molecule has 0 radical (unpaired) electrons. The van der Waals surface area contributed by atoms with Crippen LogP contribution in [0.2, 0.25) is 0 Å². The summed E-state index contributed by atoms with van der Waals surface area (Å²) in [6.45, 7) is 4.42.